The molecule has 2 saturated carbocycles. The molecule has 2 fully saturated rings. The van der Waals surface area contributed by atoms with Gasteiger partial charge in [0.1, 0.15) is 34.1 Å². The highest BCUT2D eigenvalue weighted by atomic mass is 32.1. The highest BCUT2D eigenvalue weighted by Crippen LogP contribution is 2.44. The monoisotopic (exact) mass is 928 g/mol. The first kappa shape index (κ1) is 45.5. The average molecular weight is 929 g/mol. The standard InChI is InChI=1S/C50H44N2O12S2/c1-3-34(53)28-59-35-21-23-37(24-22-35)62-48(56)31-11-15-32(16-12-31)49(57)63-39-25-26-40(44-43(39)52-46(66-44)45-51-38-7-5-6-8-41(38)65-45)64-50(58)33-17-13-30(14-18-33)47(55)61-36-19-9-29(10-20-36)27-60-42(54)4-2/h3-10,19-26,30-33H,1-2,11-18,27-28H2/t30-,31-,32-,33-. The number of carbonyl (C=O) groups is 6. The Morgan fingerprint density at radius 1 is 0.561 bits per heavy atom. The van der Waals surface area contributed by atoms with Crippen molar-refractivity contribution in [1.82, 2.24) is 9.97 Å². The van der Waals surface area contributed by atoms with Gasteiger partial charge in [0.2, 0.25) is 0 Å². The number of aromatic nitrogens is 2. The minimum atomic E-state index is -0.531. The smallest absolute Gasteiger partial charge is 0.330 e. The molecule has 0 unspecified atom stereocenters. The van der Waals surface area contributed by atoms with Crippen molar-refractivity contribution in [2.75, 3.05) is 6.61 Å². The number of nitrogens with zero attached hydrogens (tertiary/aromatic N) is 2. The van der Waals surface area contributed by atoms with Crippen LogP contribution in [0.5, 0.6) is 28.7 Å². The molecule has 6 aromatic rings. The molecule has 2 aromatic heterocycles. The van der Waals surface area contributed by atoms with Gasteiger partial charge in [0, 0.05) is 6.08 Å². The molecule has 0 atom stereocenters. The summed E-state index contributed by atoms with van der Waals surface area (Å²) in [5.74, 6) is -2.52. The number of hydrogen-bond donors (Lipinski definition) is 0. The largest absolute Gasteiger partial charge is 0.485 e. The molecule has 0 N–H and O–H groups in total. The van der Waals surface area contributed by atoms with Crippen LogP contribution in [0.25, 0.3) is 30.4 Å². The molecule has 2 aliphatic rings. The summed E-state index contributed by atoms with van der Waals surface area (Å²) in [5, 5.41) is 1.23. The van der Waals surface area contributed by atoms with Gasteiger partial charge < -0.3 is 28.4 Å². The third-order valence-corrected chi connectivity index (χ3v) is 13.7. The van der Waals surface area contributed by atoms with E-state index in [1.165, 1.54) is 28.7 Å². The Kier molecular flexibility index (Phi) is 14.4. The van der Waals surface area contributed by atoms with Crippen LogP contribution in [0.15, 0.2) is 110 Å². The van der Waals surface area contributed by atoms with E-state index in [0.29, 0.717) is 88.8 Å². The SMILES string of the molecule is C=CC(=O)COc1ccc(OC(=O)[C@H]2CC[C@H](C(=O)Oc3ccc(OC(=O)[C@H]4CC[C@H](C(=O)Oc5ccc(COC(=O)C=C)cc5)CC4)c4sc(-c5nc6ccccc6s5)nc34)CC2)cc1. The van der Waals surface area contributed by atoms with Gasteiger partial charge in [0.05, 0.1) is 33.9 Å². The van der Waals surface area contributed by atoms with Crippen LogP contribution in [0.2, 0.25) is 0 Å². The van der Waals surface area contributed by atoms with Gasteiger partial charge in [-0.05, 0) is 124 Å². The number of ether oxygens (including phenoxy) is 6. The predicted molar refractivity (Wildman–Crippen MR) is 245 cm³/mol. The Balaban J connectivity index is 0.891. The van der Waals surface area contributed by atoms with Crippen LogP contribution >= 0.6 is 22.7 Å². The molecule has 8 rings (SSSR count). The summed E-state index contributed by atoms with van der Waals surface area (Å²) < 4.78 is 35.2. The molecule has 4 aromatic carbocycles. The summed E-state index contributed by atoms with van der Waals surface area (Å²) >= 11 is 2.75. The quantitative estimate of drug-likeness (QED) is 0.0508. The van der Waals surface area contributed by atoms with Gasteiger partial charge in [0.25, 0.3) is 0 Å². The maximum atomic E-state index is 13.7. The van der Waals surface area contributed by atoms with Crippen molar-refractivity contribution in [3.8, 4) is 38.8 Å². The van der Waals surface area contributed by atoms with E-state index in [-0.39, 0.29) is 36.5 Å². The number of thiazole rings is 2. The molecular weight excluding hydrogens is 885 g/mol. The predicted octanol–water partition coefficient (Wildman–Crippen LogP) is 9.57. The molecule has 338 valence electrons. The van der Waals surface area contributed by atoms with Crippen molar-refractivity contribution in [2.45, 2.75) is 58.0 Å². The van der Waals surface area contributed by atoms with E-state index in [4.69, 9.17) is 38.4 Å². The summed E-state index contributed by atoms with van der Waals surface area (Å²) in [5.41, 5.74) is 1.90. The van der Waals surface area contributed by atoms with Crippen LogP contribution in [-0.4, -0.2) is 52.2 Å². The van der Waals surface area contributed by atoms with Crippen LogP contribution in [0, 0.1) is 23.7 Å². The zero-order chi connectivity index (χ0) is 46.2. The second kappa shape index (κ2) is 20.9. The first-order valence-corrected chi connectivity index (χ1v) is 23.1. The number of benzene rings is 4. The lowest BCUT2D eigenvalue weighted by molar-refractivity contribution is -0.145. The lowest BCUT2D eigenvalue weighted by atomic mass is 9.82. The third kappa shape index (κ3) is 11.1. The molecule has 0 spiro atoms. The average Bonchev–Trinajstić information content (AvgIpc) is 4.00. The van der Waals surface area contributed by atoms with Crippen molar-refractivity contribution in [3.63, 3.8) is 0 Å². The van der Waals surface area contributed by atoms with Gasteiger partial charge in [-0.1, -0.05) is 37.4 Å². The minimum absolute atomic E-state index is 0.0690. The van der Waals surface area contributed by atoms with Gasteiger partial charge >= 0.3 is 29.8 Å². The molecule has 0 amide bonds. The maximum absolute atomic E-state index is 13.7. The number of esters is 5. The van der Waals surface area contributed by atoms with Crippen LogP contribution in [0.1, 0.15) is 56.9 Å². The molecular formula is C50H44N2O12S2. The lowest BCUT2D eigenvalue weighted by Gasteiger charge is -2.26. The summed E-state index contributed by atoms with van der Waals surface area (Å²) in [4.78, 5) is 86.0. The van der Waals surface area contributed by atoms with Gasteiger partial charge in [0.15, 0.2) is 33.9 Å². The Bertz CT molecular complexity index is 2610. The molecule has 0 bridgehead atoms. The first-order chi connectivity index (χ1) is 32.0. The number of para-hydroxylation sites is 1. The fourth-order valence-corrected chi connectivity index (χ4v) is 9.79. The molecule has 2 aliphatic carbocycles. The molecule has 16 heteroatoms. The molecule has 0 aliphatic heterocycles. The number of carbonyl (C=O) groups excluding carboxylic acids is 6. The Hall–Kier alpha value is -7.04. The number of ketones is 1. The molecule has 14 nitrogen and oxygen atoms in total. The first-order valence-electron chi connectivity index (χ1n) is 21.5. The normalized spacial score (nSPS) is 18.1. The van der Waals surface area contributed by atoms with Gasteiger partial charge in [-0.25, -0.2) is 14.8 Å². The maximum Gasteiger partial charge on any atom is 0.330 e. The van der Waals surface area contributed by atoms with Crippen LogP contribution in [0.3, 0.4) is 0 Å². The van der Waals surface area contributed by atoms with Crippen molar-refractivity contribution in [1.29, 1.82) is 0 Å². The van der Waals surface area contributed by atoms with Crippen LogP contribution in [0.4, 0.5) is 0 Å². The highest BCUT2D eigenvalue weighted by Gasteiger charge is 2.35. The van der Waals surface area contributed by atoms with Crippen LogP contribution < -0.4 is 23.7 Å². The number of rotatable bonds is 16. The Morgan fingerprint density at radius 3 is 1.62 bits per heavy atom. The van der Waals surface area contributed by atoms with Crippen molar-refractivity contribution in [3.05, 3.63) is 116 Å². The van der Waals surface area contributed by atoms with Gasteiger partial charge in [-0.2, -0.15) is 0 Å². The van der Waals surface area contributed by atoms with E-state index in [2.05, 4.69) is 13.2 Å². The summed E-state index contributed by atoms with van der Waals surface area (Å²) in [6.45, 7) is 6.73. The van der Waals surface area contributed by atoms with E-state index >= 15 is 0 Å². The second-order valence-corrected chi connectivity index (χ2v) is 17.9. The van der Waals surface area contributed by atoms with E-state index in [9.17, 15) is 28.8 Å². The zero-order valence-corrected chi connectivity index (χ0v) is 37.3. The molecule has 0 saturated heterocycles. The zero-order valence-electron chi connectivity index (χ0n) is 35.6. The molecule has 0 radical (unpaired) electrons. The van der Waals surface area contributed by atoms with Crippen molar-refractivity contribution in [2.24, 2.45) is 23.7 Å². The Labute approximate surface area is 387 Å². The lowest BCUT2D eigenvalue weighted by Crippen LogP contribution is -2.30. The van der Waals surface area contributed by atoms with E-state index in [1.807, 2.05) is 24.3 Å². The van der Waals surface area contributed by atoms with Crippen molar-refractivity contribution < 1.29 is 57.2 Å². The minimum Gasteiger partial charge on any atom is -0.485 e. The molecule has 66 heavy (non-hydrogen) atoms. The van der Waals surface area contributed by atoms with E-state index in [1.54, 1.807) is 60.7 Å². The topological polar surface area (TPSA) is 184 Å². The fourth-order valence-electron chi connectivity index (χ4n) is 7.77. The van der Waals surface area contributed by atoms with Gasteiger partial charge in [-0.3, -0.25) is 24.0 Å². The number of fused-ring (bicyclic) bond motifs is 2. The second-order valence-electron chi connectivity index (χ2n) is 15.9. The summed E-state index contributed by atoms with van der Waals surface area (Å²) in [7, 11) is 0. The molecule has 2 heterocycles. The van der Waals surface area contributed by atoms with Gasteiger partial charge in [-0.15, -0.1) is 22.7 Å². The Morgan fingerprint density at radius 2 is 1.06 bits per heavy atom. The summed E-state index contributed by atoms with van der Waals surface area (Å²) in [6.07, 6.45) is 5.69. The number of hydrogen-bond acceptors (Lipinski definition) is 16. The summed E-state index contributed by atoms with van der Waals surface area (Å²) in [6, 6.07) is 24.0. The fraction of sp³-hybridized carbons (Fsp3) is 0.280. The van der Waals surface area contributed by atoms with E-state index in [0.717, 1.165) is 21.9 Å². The van der Waals surface area contributed by atoms with Crippen molar-refractivity contribution >= 4 is 78.7 Å². The third-order valence-electron chi connectivity index (χ3n) is 11.5. The van der Waals surface area contributed by atoms with E-state index < -0.39 is 47.5 Å². The van der Waals surface area contributed by atoms with Crippen LogP contribution in [-0.2, 0) is 40.1 Å². The highest BCUT2D eigenvalue weighted by molar-refractivity contribution is 7.28.